The Balaban J connectivity index is 0.00000249. The summed E-state index contributed by atoms with van der Waals surface area (Å²) in [5.41, 5.74) is 15.6. The van der Waals surface area contributed by atoms with Crippen molar-refractivity contribution >= 4 is 8.78 Å². The van der Waals surface area contributed by atoms with Crippen LogP contribution in [0.5, 0.6) is 0 Å². The molecule has 1 atom stereocenters. The smallest absolute Gasteiger partial charge is 1.00 e. The number of hydrogen-bond donors (Lipinski definition) is 0. The molecule has 8 rings (SSSR count). The van der Waals surface area contributed by atoms with Gasteiger partial charge in [-0.1, -0.05) is 0 Å². The van der Waals surface area contributed by atoms with E-state index in [4.69, 9.17) is 0 Å². The van der Waals surface area contributed by atoms with Crippen molar-refractivity contribution in [1.82, 2.24) is 0 Å². The van der Waals surface area contributed by atoms with E-state index in [2.05, 4.69) is 211 Å². The molecule has 0 nitrogen and oxygen atoms in total. The molecule has 2 aliphatic carbocycles. The van der Waals surface area contributed by atoms with Crippen molar-refractivity contribution in [3.05, 3.63) is 218 Å². The van der Waals surface area contributed by atoms with Crippen LogP contribution in [0, 0.1) is 0 Å². The quantitative estimate of drug-likeness (QED) is 0.170. The minimum atomic E-state index is -3.20. The molecule has 0 aliphatic heterocycles. The fourth-order valence-corrected chi connectivity index (χ4v) is 18.2. The van der Waals surface area contributed by atoms with Gasteiger partial charge in [0, 0.05) is 0 Å². The molecule has 0 radical (unpaired) electrons. The van der Waals surface area contributed by atoms with Crippen LogP contribution in [-0.4, -0.2) is 3.21 Å². The first kappa shape index (κ1) is 39.8. The van der Waals surface area contributed by atoms with Gasteiger partial charge in [0.1, 0.15) is 0 Å². The van der Waals surface area contributed by atoms with E-state index < -0.39 is 21.3 Å². The van der Waals surface area contributed by atoms with Crippen LogP contribution >= 0.6 is 0 Å². The summed E-state index contributed by atoms with van der Waals surface area (Å²) in [6.45, 7) is 14.1. The number of hydrogen-bond acceptors (Lipinski definition) is 0. The Bertz CT molecular complexity index is 2240. The first-order valence-corrected chi connectivity index (χ1v) is 22.6. The van der Waals surface area contributed by atoms with Crippen LogP contribution in [0.1, 0.15) is 95.6 Å². The molecule has 0 spiro atoms. The van der Waals surface area contributed by atoms with Gasteiger partial charge in [-0.05, 0) is 0 Å². The number of benzene rings is 6. The SMILES string of the molecule is CC(C)(C)c1ccc2c(c1)[CH]([Zr+2]([C]1=C(c3ccccc3)C=CC1c1ccccc1)=[C](c1ccccc1)c1ccccc1)c1cc(C(C)(C)C)ccc1-2.[Cl-].[Cl-]. The molecule has 1 unspecified atom stereocenters. The maximum absolute atomic E-state index is 3.20. The maximum Gasteiger partial charge on any atom is -1.00 e. The Labute approximate surface area is 343 Å². The molecule has 3 heteroatoms. The summed E-state index contributed by atoms with van der Waals surface area (Å²) < 4.78 is 3.52. The van der Waals surface area contributed by atoms with Crippen LogP contribution in [0.3, 0.4) is 0 Å². The van der Waals surface area contributed by atoms with Gasteiger partial charge in [-0.2, -0.15) is 0 Å². The van der Waals surface area contributed by atoms with Crippen molar-refractivity contribution in [2.24, 2.45) is 0 Å². The average Bonchev–Trinajstić information content (AvgIpc) is 3.74. The van der Waals surface area contributed by atoms with Crippen molar-refractivity contribution < 1.29 is 46.1 Å². The number of fused-ring (bicyclic) bond motifs is 3. The van der Waals surface area contributed by atoms with Gasteiger partial charge in [0.15, 0.2) is 0 Å². The molecular formula is C51H48Cl2Zr. The maximum atomic E-state index is 2.60. The van der Waals surface area contributed by atoms with E-state index in [1.807, 2.05) is 0 Å². The van der Waals surface area contributed by atoms with Gasteiger partial charge in [-0.3, -0.25) is 0 Å². The topological polar surface area (TPSA) is 0 Å². The summed E-state index contributed by atoms with van der Waals surface area (Å²) in [7, 11) is 0. The van der Waals surface area contributed by atoms with Crippen LogP contribution in [0.15, 0.2) is 173 Å². The van der Waals surface area contributed by atoms with Crippen LogP contribution in [0.25, 0.3) is 16.7 Å². The van der Waals surface area contributed by atoms with E-state index in [9.17, 15) is 0 Å². The molecule has 54 heavy (non-hydrogen) atoms. The zero-order valence-electron chi connectivity index (χ0n) is 32.1. The molecule has 0 fully saturated rings. The van der Waals surface area contributed by atoms with Gasteiger partial charge in [0.25, 0.3) is 0 Å². The molecule has 0 N–H and O–H groups in total. The fraction of sp³-hybridized carbons (Fsp3) is 0.196. The summed E-state index contributed by atoms with van der Waals surface area (Å²) in [5.74, 6) is 0.206. The van der Waals surface area contributed by atoms with Crippen molar-refractivity contribution in [3.8, 4) is 11.1 Å². The summed E-state index contributed by atoms with van der Waals surface area (Å²) in [6, 6.07) is 60.2. The van der Waals surface area contributed by atoms with Crippen molar-refractivity contribution in [1.29, 1.82) is 0 Å². The minimum absolute atomic E-state index is 0. The summed E-state index contributed by atoms with van der Waals surface area (Å²) in [6.07, 6.45) is 4.97. The molecule has 6 aromatic carbocycles. The zero-order valence-corrected chi connectivity index (χ0v) is 36.0. The first-order valence-electron chi connectivity index (χ1n) is 18.8. The zero-order chi connectivity index (χ0) is 36.0. The van der Waals surface area contributed by atoms with Crippen LogP contribution in [0.2, 0.25) is 0 Å². The molecule has 270 valence electrons. The molecule has 6 aromatic rings. The largest absolute Gasteiger partial charge is 1.00 e. The monoisotopic (exact) mass is 820 g/mol. The van der Waals surface area contributed by atoms with Crippen LogP contribution in [0.4, 0.5) is 0 Å². The third-order valence-electron chi connectivity index (χ3n) is 11.0. The van der Waals surface area contributed by atoms with Gasteiger partial charge in [0.2, 0.25) is 0 Å². The second kappa shape index (κ2) is 16.1. The normalized spacial score (nSPS) is 14.7. The summed E-state index contributed by atoms with van der Waals surface area (Å²) >= 11 is -3.20. The standard InChI is InChI=1S/C21H25.C17H13.C13H10.2ClH.Zr/c1-20(2,3)16-7-9-18-14(12-16)11-15-13-17(21(4,5)6)8-10-19(15)18;1-3-7-14(8-4-1)16-11-12-17(13-16)15-9-5-2-6-10-15;1-3-7-12(8-4-1)11-13-9-5-2-6-10-13;;;/h7-13H,1-6H3;1-12,16H;1-10H;2*1H;/q;;;;;+2/p-2. The number of allylic oxidation sites excluding steroid dienone is 4. The van der Waals surface area contributed by atoms with E-state index in [0.717, 1.165) is 0 Å². The Hall–Kier alpha value is -3.87. The molecular weight excluding hydrogens is 775 g/mol. The van der Waals surface area contributed by atoms with E-state index in [1.54, 1.807) is 6.49 Å². The molecule has 2 aliphatic rings. The molecule has 0 saturated heterocycles. The fourth-order valence-electron chi connectivity index (χ4n) is 8.29. The van der Waals surface area contributed by atoms with E-state index in [-0.39, 0.29) is 45.2 Å². The van der Waals surface area contributed by atoms with Gasteiger partial charge in [0.05, 0.1) is 0 Å². The average molecular weight is 823 g/mol. The van der Waals surface area contributed by atoms with E-state index >= 15 is 0 Å². The third-order valence-corrected chi connectivity index (χ3v) is 19.6. The predicted molar refractivity (Wildman–Crippen MR) is 219 cm³/mol. The Kier molecular flexibility index (Phi) is 11.9. The number of halogens is 2. The third kappa shape index (κ3) is 7.53. The van der Waals surface area contributed by atoms with Gasteiger partial charge < -0.3 is 24.8 Å². The van der Waals surface area contributed by atoms with Crippen molar-refractivity contribution in [2.75, 3.05) is 0 Å². The molecule has 0 amide bonds. The Morgan fingerprint density at radius 3 is 1.37 bits per heavy atom. The van der Waals surface area contributed by atoms with Crippen LogP contribution in [-0.2, 0) is 32.1 Å². The molecule has 0 saturated carbocycles. The number of rotatable bonds is 6. The molecule has 0 heterocycles. The van der Waals surface area contributed by atoms with Gasteiger partial charge >= 0.3 is 321 Å². The second-order valence-corrected chi connectivity index (χ2v) is 22.5. The van der Waals surface area contributed by atoms with E-state index in [0.29, 0.717) is 0 Å². The minimum Gasteiger partial charge on any atom is -1.00 e. The molecule has 0 bridgehead atoms. The Morgan fingerprint density at radius 1 is 0.500 bits per heavy atom. The Morgan fingerprint density at radius 2 is 0.926 bits per heavy atom. The van der Waals surface area contributed by atoms with Gasteiger partial charge in [-0.25, -0.2) is 0 Å². The summed E-state index contributed by atoms with van der Waals surface area (Å²) in [4.78, 5) is 0. The van der Waals surface area contributed by atoms with E-state index in [1.165, 1.54) is 61.2 Å². The van der Waals surface area contributed by atoms with Crippen molar-refractivity contribution in [2.45, 2.75) is 61.9 Å². The first-order chi connectivity index (χ1) is 25.1. The second-order valence-electron chi connectivity index (χ2n) is 16.5. The molecule has 0 aromatic heterocycles. The summed E-state index contributed by atoms with van der Waals surface area (Å²) in [5, 5.41) is 0. The predicted octanol–water partition coefficient (Wildman–Crippen LogP) is 7.01. The van der Waals surface area contributed by atoms with Crippen molar-refractivity contribution in [3.63, 3.8) is 0 Å². The van der Waals surface area contributed by atoms with Gasteiger partial charge in [-0.15, -0.1) is 0 Å². The van der Waals surface area contributed by atoms with Crippen LogP contribution < -0.4 is 24.8 Å².